The molecular weight excluding hydrogens is 280 g/mol. The highest BCUT2D eigenvalue weighted by molar-refractivity contribution is 7.94. The molecule has 0 unspecified atom stereocenters. The van der Waals surface area contributed by atoms with Gasteiger partial charge in [0.25, 0.3) is 0 Å². The Labute approximate surface area is 110 Å². The molecule has 18 heavy (non-hydrogen) atoms. The largest absolute Gasteiger partial charge is 0.353 e. The highest BCUT2D eigenvalue weighted by Crippen LogP contribution is 2.05. The molecule has 110 valence electrons. The maximum Gasteiger partial charge on any atom is 0.158 e. The lowest BCUT2D eigenvalue weighted by atomic mass is 10.5. The maximum atomic E-state index is 11.6. The van der Waals surface area contributed by atoms with Gasteiger partial charge in [-0.1, -0.05) is 0 Å². The van der Waals surface area contributed by atoms with Crippen molar-refractivity contribution in [2.45, 2.75) is 26.6 Å². The van der Waals surface area contributed by atoms with Gasteiger partial charge in [-0.15, -0.1) is 0 Å². The zero-order chi connectivity index (χ0) is 14.2. The molecule has 8 heteroatoms. The van der Waals surface area contributed by atoms with Gasteiger partial charge in [0.1, 0.15) is 9.84 Å². The second-order valence-electron chi connectivity index (χ2n) is 3.91. The van der Waals surface area contributed by atoms with Crippen LogP contribution in [-0.4, -0.2) is 59.9 Å². The molecule has 0 heterocycles. The smallest absolute Gasteiger partial charge is 0.158 e. The van der Waals surface area contributed by atoms with Crippen LogP contribution in [0.15, 0.2) is 0 Å². The van der Waals surface area contributed by atoms with Crippen LogP contribution in [0, 0.1) is 0 Å². The van der Waals surface area contributed by atoms with Crippen molar-refractivity contribution >= 4 is 19.7 Å². The lowest BCUT2D eigenvalue weighted by molar-refractivity contribution is -0.136. The van der Waals surface area contributed by atoms with Gasteiger partial charge in [0.15, 0.2) is 16.1 Å². The molecule has 0 aromatic rings. The van der Waals surface area contributed by atoms with Crippen LogP contribution in [0.25, 0.3) is 0 Å². The summed E-state index contributed by atoms with van der Waals surface area (Å²) in [6, 6.07) is 0. The van der Waals surface area contributed by atoms with Crippen molar-refractivity contribution in [2.24, 2.45) is 0 Å². The monoisotopic (exact) mass is 302 g/mol. The first-order valence-corrected chi connectivity index (χ1v) is 9.69. The molecule has 0 aromatic carbocycles. The van der Waals surface area contributed by atoms with Crippen molar-refractivity contribution in [1.82, 2.24) is 0 Å². The highest BCUT2D eigenvalue weighted by Gasteiger charge is 2.18. The minimum Gasteiger partial charge on any atom is -0.353 e. The second-order valence-corrected chi connectivity index (χ2v) is 8.47. The van der Waals surface area contributed by atoms with E-state index in [1.165, 1.54) is 0 Å². The Bertz CT molecular complexity index is 406. The molecule has 0 bridgehead atoms. The summed E-state index contributed by atoms with van der Waals surface area (Å²) in [5, 5.41) is 0. The quantitative estimate of drug-likeness (QED) is 0.537. The van der Waals surface area contributed by atoms with Gasteiger partial charge in [-0.2, -0.15) is 0 Å². The predicted molar refractivity (Wildman–Crippen MR) is 70.0 cm³/mol. The molecule has 0 aliphatic carbocycles. The molecule has 0 fully saturated rings. The van der Waals surface area contributed by atoms with E-state index >= 15 is 0 Å². The normalized spacial score (nSPS) is 13.1. The zero-order valence-electron chi connectivity index (χ0n) is 11.1. The van der Waals surface area contributed by atoms with Crippen LogP contribution < -0.4 is 0 Å². The molecule has 0 N–H and O–H groups in total. The van der Waals surface area contributed by atoms with Gasteiger partial charge in [-0.25, -0.2) is 16.8 Å². The molecule has 0 saturated carbocycles. The van der Waals surface area contributed by atoms with Crippen molar-refractivity contribution in [3.63, 3.8) is 0 Å². The number of sulfone groups is 2. The van der Waals surface area contributed by atoms with Gasteiger partial charge in [0, 0.05) is 25.9 Å². The molecule has 0 aliphatic rings. The molecule has 0 aliphatic heterocycles. The first-order chi connectivity index (χ1) is 8.20. The average molecular weight is 302 g/mol. The second kappa shape index (κ2) is 8.08. The summed E-state index contributed by atoms with van der Waals surface area (Å²) < 4.78 is 55.5. The van der Waals surface area contributed by atoms with Crippen LogP contribution in [0.1, 0.15) is 20.3 Å². The summed E-state index contributed by atoms with van der Waals surface area (Å²) in [7, 11) is -6.64. The molecule has 0 atom stereocenters. The summed E-state index contributed by atoms with van der Waals surface area (Å²) in [6.07, 6.45) is 0.687. The number of ether oxygens (including phenoxy) is 2. The summed E-state index contributed by atoms with van der Waals surface area (Å²) in [5.41, 5.74) is 0. The van der Waals surface area contributed by atoms with Gasteiger partial charge < -0.3 is 9.47 Å². The highest BCUT2D eigenvalue weighted by atomic mass is 32.2. The van der Waals surface area contributed by atoms with Gasteiger partial charge >= 0.3 is 0 Å². The van der Waals surface area contributed by atoms with Crippen LogP contribution in [0.5, 0.6) is 0 Å². The topological polar surface area (TPSA) is 86.7 Å². The van der Waals surface area contributed by atoms with Crippen LogP contribution in [0.4, 0.5) is 0 Å². The van der Waals surface area contributed by atoms with Crippen LogP contribution in [0.2, 0.25) is 0 Å². The summed E-state index contributed by atoms with van der Waals surface area (Å²) in [4.78, 5) is 0. The van der Waals surface area contributed by atoms with Gasteiger partial charge in [0.2, 0.25) is 0 Å². The Kier molecular flexibility index (Phi) is 8.00. The Hall–Kier alpha value is -0.180. The van der Waals surface area contributed by atoms with E-state index in [1.54, 1.807) is 13.8 Å². The lowest BCUT2D eigenvalue weighted by Crippen LogP contribution is -2.24. The van der Waals surface area contributed by atoms with Gasteiger partial charge in [0.05, 0.1) is 17.3 Å². The maximum absolute atomic E-state index is 11.6. The fourth-order valence-electron chi connectivity index (χ4n) is 1.24. The van der Waals surface area contributed by atoms with Crippen LogP contribution in [-0.2, 0) is 29.1 Å². The summed E-state index contributed by atoms with van der Waals surface area (Å²) in [6.45, 7) is 4.47. The number of hydrogen-bond donors (Lipinski definition) is 0. The van der Waals surface area contributed by atoms with E-state index in [9.17, 15) is 16.8 Å². The summed E-state index contributed by atoms with van der Waals surface area (Å²) >= 11 is 0. The Morgan fingerprint density at radius 1 is 0.889 bits per heavy atom. The van der Waals surface area contributed by atoms with Crippen LogP contribution in [0.3, 0.4) is 0 Å². The molecule has 0 aromatic heterocycles. The van der Waals surface area contributed by atoms with Crippen molar-refractivity contribution in [2.75, 3.05) is 36.7 Å². The van der Waals surface area contributed by atoms with E-state index in [2.05, 4.69) is 0 Å². The van der Waals surface area contributed by atoms with Crippen LogP contribution >= 0.6 is 0 Å². The first kappa shape index (κ1) is 17.8. The molecule has 6 nitrogen and oxygen atoms in total. The minimum atomic E-state index is -3.39. The van der Waals surface area contributed by atoms with E-state index in [4.69, 9.17) is 9.47 Å². The molecular formula is C10H22O6S2. The first-order valence-electron chi connectivity index (χ1n) is 5.81. The van der Waals surface area contributed by atoms with Crippen molar-refractivity contribution in [1.29, 1.82) is 0 Å². The van der Waals surface area contributed by atoms with E-state index in [-0.39, 0.29) is 23.7 Å². The molecule has 0 rings (SSSR count). The van der Waals surface area contributed by atoms with Gasteiger partial charge in [-0.3, -0.25) is 0 Å². The third-order valence-corrected chi connectivity index (χ3v) is 5.02. The van der Waals surface area contributed by atoms with E-state index in [0.717, 1.165) is 6.26 Å². The fraction of sp³-hybridized carbons (Fsp3) is 1.00. The third-order valence-electron chi connectivity index (χ3n) is 2.13. The molecule has 0 spiro atoms. The van der Waals surface area contributed by atoms with Crippen molar-refractivity contribution in [3.05, 3.63) is 0 Å². The molecule has 0 radical (unpaired) electrons. The summed E-state index contributed by atoms with van der Waals surface area (Å²) in [5.74, 6) is -0.826. The third kappa shape index (κ3) is 9.81. The van der Waals surface area contributed by atoms with Crippen molar-refractivity contribution < 1.29 is 26.3 Å². The minimum absolute atomic E-state index is 0.132. The van der Waals surface area contributed by atoms with Gasteiger partial charge in [-0.05, 0) is 13.8 Å². The molecule has 0 amide bonds. The Balaban J connectivity index is 4.23. The molecule has 0 saturated heterocycles. The Morgan fingerprint density at radius 3 is 1.78 bits per heavy atom. The number of hydrogen-bond acceptors (Lipinski definition) is 6. The van der Waals surface area contributed by atoms with E-state index in [0.29, 0.717) is 13.2 Å². The predicted octanol–water partition coefficient (Wildman–Crippen LogP) is 0.235. The zero-order valence-corrected chi connectivity index (χ0v) is 12.7. The standard InChI is InChI=1S/C10H22O6S2/c1-4-15-10(16-5-2)6-7-18(13,14)9-8-17(3,11)12/h10H,4-9H2,1-3H3. The average Bonchev–Trinajstić information content (AvgIpc) is 2.23. The number of rotatable bonds is 10. The van der Waals surface area contributed by atoms with Crippen molar-refractivity contribution in [3.8, 4) is 0 Å². The Morgan fingerprint density at radius 2 is 1.39 bits per heavy atom. The van der Waals surface area contributed by atoms with E-state index < -0.39 is 26.0 Å². The fourth-order valence-corrected chi connectivity index (χ4v) is 4.23. The lowest BCUT2D eigenvalue weighted by Gasteiger charge is -2.16. The van der Waals surface area contributed by atoms with E-state index in [1.807, 2.05) is 0 Å². The SMILES string of the molecule is CCOC(CCS(=O)(=O)CCS(C)(=O)=O)OCC.